The highest BCUT2D eigenvalue weighted by Gasteiger charge is 2.23. The fourth-order valence-electron chi connectivity index (χ4n) is 2.03. The first-order valence-corrected chi connectivity index (χ1v) is 6.98. The summed E-state index contributed by atoms with van der Waals surface area (Å²) in [6.45, 7) is 7.19. The third-order valence-electron chi connectivity index (χ3n) is 3.12. The average Bonchev–Trinajstić information content (AvgIpc) is 2.48. The first kappa shape index (κ1) is 14.8. The fraction of sp³-hybridized carbons (Fsp3) is 0.667. The molecule has 0 saturated carbocycles. The lowest BCUT2D eigenvalue weighted by molar-refractivity contribution is 0.0758. The number of halogens is 1. The maximum absolute atomic E-state index is 8.94. The number of rotatable bonds is 4. The van der Waals surface area contributed by atoms with Gasteiger partial charge in [0, 0.05) is 19.6 Å². The predicted molar refractivity (Wildman–Crippen MR) is 76.0 cm³/mol. The molecule has 1 aromatic rings. The zero-order valence-electron chi connectivity index (χ0n) is 11.6. The number of aromatic nitrogens is 3. The molecule has 0 bridgehead atoms. The Bertz CT molecular complexity index is 501. The van der Waals surface area contributed by atoms with Crippen LogP contribution in [0.25, 0.3) is 0 Å². The Labute approximate surface area is 123 Å². The summed E-state index contributed by atoms with van der Waals surface area (Å²) in [5, 5.41) is 9.10. The van der Waals surface area contributed by atoms with Crippen molar-refractivity contribution < 1.29 is 4.74 Å². The van der Waals surface area contributed by atoms with Crippen molar-refractivity contribution in [2.75, 3.05) is 42.6 Å². The van der Waals surface area contributed by atoms with Gasteiger partial charge in [-0.2, -0.15) is 20.2 Å². The molecule has 7 nitrogen and oxygen atoms in total. The van der Waals surface area contributed by atoms with Crippen molar-refractivity contribution >= 4 is 23.5 Å². The van der Waals surface area contributed by atoms with Crippen molar-refractivity contribution in [1.82, 2.24) is 15.0 Å². The van der Waals surface area contributed by atoms with Gasteiger partial charge in [-0.3, -0.25) is 0 Å². The maximum Gasteiger partial charge on any atom is 0.231 e. The second-order valence-corrected chi connectivity index (χ2v) is 4.65. The summed E-state index contributed by atoms with van der Waals surface area (Å²) in [5.74, 6) is 1.06. The summed E-state index contributed by atoms with van der Waals surface area (Å²) in [6, 6.07) is 2.10. The summed E-state index contributed by atoms with van der Waals surface area (Å²) >= 11 is 5.99. The minimum Gasteiger partial charge on any atom is -0.360 e. The summed E-state index contributed by atoms with van der Waals surface area (Å²) in [6.07, 6.45) is -0.462. The van der Waals surface area contributed by atoms with E-state index in [0.717, 1.165) is 13.1 Å². The Kier molecular flexibility index (Phi) is 4.93. The van der Waals surface area contributed by atoms with Gasteiger partial charge in [-0.05, 0) is 25.4 Å². The van der Waals surface area contributed by atoms with E-state index in [9.17, 15) is 0 Å². The van der Waals surface area contributed by atoms with Gasteiger partial charge in [0.1, 0.15) is 0 Å². The molecule has 0 aromatic carbocycles. The minimum absolute atomic E-state index is 0.164. The third-order valence-corrected chi connectivity index (χ3v) is 3.29. The van der Waals surface area contributed by atoms with Gasteiger partial charge in [0.15, 0.2) is 6.10 Å². The van der Waals surface area contributed by atoms with Gasteiger partial charge >= 0.3 is 0 Å². The number of nitriles is 1. The van der Waals surface area contributed by atoms with E-state index in [1.54, 1.807) is 0 Å². The Hall–Kier alpha value is -1.65. The number of hydrogen-bond donors (Lipinski definition) is 0. The van der Waals surface area contributed by atoms with Crippen LogP contribution in [-0.4, -0.2) is 53.8 Å². The lowest BCUT2D eigenvalue weighted by Crippen LogP contribution is -2.43. The molecule has 0 spiro atoms. The molecule has 0 N–H and O–H groups in total. The van der Waals surface area contributed by atoms with Crippen LogP contribution in [0.3, 0.4) is 0 Å². The fourth-order valence-corrected chi connectivity index (χ4v) is 2.18. The smallest absolute Gasteiger partial charge is 0.231 e. The highest BCUT2D eigenvalue weighted by Crippen LogP contribution is 2.18. The largest absolute Gasteiger partial charge is 0.360 e. The predicted octanol–water partition coefficient (Wildman–Crippen LogP) is 1.10. The van der Waals surface area contributed by atoms with Crippen LogP contribution in [0.5, 0.6) is 0 Å². The van der Waals surface area contributed by atoms with E-state index in [-0.39, 0.29) is 5.28 Å². The van der Waals surface area contributed by atoms with E-state index in [4.69, 9.17) is 21.6 Å². The Morgan fingerprint density at radius 2 is 2.15 bits per heavy atom. The molecule has 0 aliphatic carbocycles. The maximum atomic E-state index is 8.94. The van der Waals surface area contributed by atoms with E-state index in [2.05, 4.69) is 21.0 Å². The molecular formula is C12H17ClN6O. The second kappa shape index (κ2) is 6.68. The number of nitrogens with zero attached hydrogens (tertiary/aromatic N) is 6. The molecule has 1 aromatic heterocycles. The number of hydrogen-bond acceptors (Lipinski definition) is 7. The quantitative estimate of drug-likeness (QED) is 0.823. The molecule has 1 unspecified atom stereocenters. The summed E-state index contributed by atoms with van der Waals surface area (Å²) in [4.78, 5) is 16.7. The monoisotopic (exact) mass is 296 g/mol. The summed E-state index contributed by atoms with van der Waals surface area (Å²) in [7, 11) is 0. The van der Waals surface area contributed by atoms with Crippen LogP contribution in [0.4, 0.5) is 11.9 Å². The average molecular weight is 297 g/mol. The molecule has 0 radical (unpaired) electrons. The van der Waals surface area contributed by atoms with E-state index in [1.807, 2.05) is 23.6 Å². The molecule has 1 atom stereocenters. The first-order valence-electron chi connectivity index (χ1n) is 6.60. The van der Waals surface area contributed by atoms with Crippen LogP contribution in [-0.2, 0) is 4.74 Å². The molecule has 1 aliphatic rings. The van der Waals surface area contributed by atoms with Crippen LogP contribution in [0, 0.1) is 11.3 Å². The van der Waals surface area contributed by atoms with Gasteiger partial charge in [-0.15, -0.1) is 0 Å². The van der Waals surface area contributed by atoms with Crippen LogP contribution < -0.4 is 9.80 Å². The van der Waals surface area contributed by atoms with E-state index >= 15 is 0 Å². The molecule has 1 saturated heterocycles. The molecule has 20 heavy (non-hydrogen) atoms. The van der Waals surface area contributed by atoms with Gasteiger partial charge in [-0.25, -0.2) is 0 Å². The van der Waals surface area contributed by atoms with Gasteiger partial charge in [0.25, 0.3) is 0 Å². The van der Waals surface area contributed by atoms with Crippen molar-refractivity contribution in [2.45, 2.75) is 20.0 Å². The van der Waals surface area contributed by atoms with Crippen molar-refractivity contribution in [2.24, 2.45) is 0 Å². The Morgan fingerprint density at radius 3 is 2.80 bits per heavy atom. The number of anilines is 2. The van der Waals surface area contributed by atoms with Gasteiger partial charge in [0.05, 0.1) is 19.2 Å². The molecule has 108 valence electrons. The highest BCUT2D eigenvalue weighted by atomic mass is 35.5. The number of ether oxygens (including phenoxy) is 1. The normalized spacial score (nSPS) is 18.7. The van der Waals surface area contributed by atoms with Crippen molar-refractivity contribution in [1.29, 1.82) is 5.26 Å². The lowest BCUT2D eigenvalue weighted by atomic mass is 10.3. The van der Waals surface area contributed by atoms with Crippen LogP contribution in [0.15, 0.2) is 0 Å². The molecule has 1 fully saturated rings. The van der Waals surface area contributed by atoms with Gasteiger partial charge in [-0.1, -0.05) is 0 Å². The van der Waals surface area contributed by atoms with Crippen LogP contribution in [0.1, 0.15) is 13.8 Å². The molecular weight excluding hydrogens is 280 g/mol. The SMILES string of the molecule is CCN(CC)c1nc(Cl)nc(N2CCOC(C#N)C2)n1. The molecule has 0 amide bonds. The van der Waals surface area contributed by atoms with E-state index in [1.165, 1.54) is 0 Å². The second-order valence-electron chi connectivity index (χ2n) is 4.31. The Morgan fingerprint density at radius 1 is 1.40 bits per heavy atom. The van der Waals surface area contributed by atoms with Gasteiger partial charge < -0.3 is 14.5 Å². The zero-order valence-corrected chi connectivity index (χ0v) is 12.3. The van der Waals surface area contributed by atoms with E-state index < -0.39 is 6.10 Å². The zero-order chi connectivity index (χ0) is 14.5. The van der Waals surface area contributed by atoms with Crippen molar-refractivity contribution in [3.8, 4) is 6.07 Å². The highest BCUT2D eigenvalue weighted by molar-refractivity contribution is 6.28. The standard InChI is InChI=1S/C12H17ClN6O/c1-3-18(4-2)11-15-10(13)16-12(17-11)19-5-6-20-9(7-14)8-19/h9H,3-6,8H2,1-2H3. The summed E-state index contributed by atoms with van der Waals surface area (Å²) in [5.41, 5.74) is 0. The van der Waals surface area contributed by atoms with Gasteiger partial charge in [0.2, 0.25) is 17.2 Å². The van der Waals surface area contributed by atoms with Crippen LogP contribution >= 0.6 is 11.6 Å². The molecule has 8 heteroatoms. The Balaban J connectivity index is 2.25. The third kappa shape index (κ3) is 3.26. The molecule has 2 rings (SSSR count). The minimum atomic E-state index is -0.462. The number of morpholine rings is 1. The first-order chi connectivity index (χ1) is 9.67. The molecule has 1 aliphatic heterocycles. The lowest BCUT2D eigenvalue weighted by Gasteiger charge is -2.30. The van der Waals surface area contributed by atoms with Crippen LogP contribution in [0.2, 0.25) is 5.28 Å². The van der Waals surface area contributed by atoms with E-state index in [0.29, 0.717) is 31.6 Å². The molecule has 2 heterocycles. The summed E-state index contributed by atoms with van der Waals surface area (Å²) < 4.78 is 5.31. The topological polar surface area (TPSA) is 78.2 Å². The van der Waals surface area contributed by atoms with Crippen molar-refractivity contribution in [3.05, 3.63) is 5.28 Å². The van der Waals surface area contributed by atoms with Crippen molar-refractivity contribution in [3.63, 3.8) is 0 Å².